The smallest absolute Gasteiger partial charge is 0.225 e. The van der Waals surface area contributed by atoms with Gasteiger partial charge in [0.2, 0.25) is 11.8 Å². The van der Waals surface area contributed by atoms with E-state index in [1.807, 2.05) is 12.1 Å². The minimum absolute atomic E-state index is 0.0291. The quantitative estimate of drug-likeness (QED) is 0.650. The molecule has 2 aromatic rings. The number of nitrogens with one attached hydrogen (secondary N) is 1. The summed E-state index contributed by atoms with van der Waals surface area (Å²) in [5.41, 5.74) is 3.70. The summed E-state index contributed by atoms with van der Waals surface area (Å²) in [6.07, 6.45) is 5.89. The molecule has 3 aliphatic rings. The molecule has 33 heavy (non-hydrogen) atoms. The average Bonchev–Trinajstić information content (AvgIpc) is 2.83. The number of hydrogen-bond donors (Lipinski definition) is 1. The van der Waals surface area contributed by atoms with Gasteiger partial charge in [0.15, 0.2) is 0 Å². The van der Waals surface area contributed by atoms with Gasteiger partial charge in [0, 0.05) is 38.7 Å². The molecular formula is C26H34N4O3. The molecule has 7 heteroatoms. The lowest BCUT2D eigenvalue weighted by Gasteiger charge is -2.38. The molecule has 1 amide bonds. The van der Waals surface area contributed by atoms with Gasteiger partial charge in [0.1, 0.15) is 11.6 Å². The van der Waals surface area contributed by atoms with Gasteiger partial charge in [0.05, 0.1) is 18.4 Å². The third kappa shape index (κ3) is 5.24. The lowest BCUT2D eigenvalue weighted by molar-refractivity contribution is -0.116. The normalized spacial score (nSPS) is 20.5. The monoisotopic (exact) mass is 450 g/mol. The molecule has 0 saturated carbocycles. The topological polar surface area (TPSA) is 66.9 Å². The molecule has 1 unspecified atom stereocenters. The van der Waals surface area contributed by atoms with Crippen LogP contribution in [-0.2, 0) is 17.6 Å². The third-order valence-electron chi connectivity index (χ3n) is 6.88. The Balaban J connectivity index is 1.04. The SMILES string of the molecule is CC1CCc2cccc(N3CCN(CCCCOc4ccc5c(n4)NC(=O)CC5)CC3)c2O1. The zero-order chi connectivity index (χ0) is 22.6. The van der Waals surface area contributed by atoms with Gasteiger partial charge in [-0.1, -0.05) is 12.1 Å². The number of unbranched alkanes of at least 4 members (excludes halogenated alkanes) is 1. The van der Waals surface area contributed by atoms with Gasteiger partial charge >= 0.3 is 0 Å². The van der Waals surface area contributed by atoms with E-state index in [2.05, 4.69) is 45.2 Å². The number of benzene rings is 1. The Labute approximate surface area is 196 Å². The Bertz CT molecular complexity index is 987. The average molecular weight is 451 g/mol. The highest BCUT2D eigenvalue weighted by molar-refractivity contribution is 5.92. The van der Waals surface area contributed by atoms with Crippen molar-refractivity contribution in [2.45, 2.75) is 51.6 Å². The van der Waals surface area contributed by atoms with Gasteiger partial charge in [-0.2, -0.15) is 4.98 Å². The van der Waals surface area contributed by atoms with Gasteiger partial charge in [0.25, 0.3) is 0 Å². The first kappa shape index (κ1) is 22.0. The number of hydrogen-bond acceptors (Lipinski definition) is 6. The number of pyridine rings is 1. The summed E-state index contributed by atoms with van der Waals surface area (Å²) in [6, 6.07) is 10.5. The number of carbonyl (C=O) groups is 1. The van der Waals surface area contributed by atoms with E-state index in [0.29, 0.717) is 30.8 Å². The summed E-state index contributed by atoms with van der Waals surface area (Å²) in [6.45, 7) is 8.13. The van der Waals surface area contributed by atoms with Crippen LogP contribution in [0.1, 0.15) is 43.7 Å². The molecule has 7 nitrogen and oxygen atoms in total. The number of para-hydroxylation sites is 1. The van der Waals surface area contributed by atoms with Crippen molar-refractivity contribution in [1.82, 2.24) is 9.88 Å². The number of ether oxygens (including phenoxy) is 2. The maximum absolute atomic E-state index is 11.6. The van der Waals surface area contributed by atoms with Crippen LogP contribution < -0.4 is 19.7 Å². The number of anilines is 2. The van der Waals surface area contributed by atoms with Crippen LogP contribution in [0.3, 0.4) is 0 Å². The first-order chi connectivity index (χ1) is 16.2. The van der Waals surface area contributed by atoms with E-state index < -0.39 is 0 Å². The van der Waals surface area contributed by atoms with Crippen molar-refractivity contribution >= 4 is 17.4 Å². The highest BCUT2D eigenvalue weighted by atomic mass is 16.5. The first-order valence-electron chi connectivity index (χ1n) is 12.3. The molecule has 176 valence electrons. The zero-order valence-electron chi connectivity index (χ0n) is 19.5. The molecule has 3 aliphatic heterocycles. The second-order valence-corrected chi connectivity index (χ2v) is 9.32. The standard InChI is InChI=1S/C26H34N4O3/c1-19-7-8-20-5-4-6-22(25(20)33-19)30-16-14-29(15-17-30)13-2-3-18-32-24-12-10-21-9-11-23(31)27-26(21)28-24/h4-6,10,12,19H,2-3,7-9,11,13-18H2,1H3,(H,27,28,31). The second kappa shape index (κ2) is 10.00. The van der Waals surface area contributed by atoms with E-state index in [4.69, 9.17) is 9.47 Å². The molecule has 1 atom stereocenters. The lowest BCUT2D eigenvalue weighted by Crippen LogP contribution is -2.47. The van der Waals surface area contributed by atoms with E-state index in [9.17, 15) is 4.79 Å². The zero-order valence-corrected chi connectivity index (χ0v) is 19.5. The van der Waals surface area contributed by atoms with Crippen LogP contribution in [0.5, 0.6) is 11.6 Å². The van der Waals surface area contributed by atoms with Gasteiger partial charge in [-0.15, -0.1) is 0 Å². The molecular weight excluding hydrogens is 416 g/mol. The minimum Gasteiger partial charge on any atom is -0.488 e. The number of aryl methyl sites for hydroxylation is 2. The van der Waals surface area contributed by atoms with Crippen molar-refractivity contribution in [3.8, 4) is 11.6 Å². The van der Waals surface area contributed by atoms with Crippen molar-refractivity contribution in [3.63, 3.8) is 0 Å². The van der Waals surface area contributed by atoms with Crippen LogP contribution in [-0.4, -0.2) is 61.2 Å². The maximum atomic E-state index is 11.6. The Morgan fingerprint density at radius 2 is 1.94 bits per heavy atom. The van der Waals surface area contributed by atoms with Crippen LogP contribution >= 0.6 is 0 Å². The van der Waals surface area contributed by atoms with E-state index in [1.165, 1.54) is 11.3 Å². The number of carbonyl (C=O) groups excluding carboxylic acids is 1. The molecule has 1 aromatic heterocycles. The van der Waals surface area contributed by atoms with Crippen LogP contribution in [0.15, 0.2) is 30.3 Å². The van der Waals surface area contributed by atoms with Crippen molar-refractivity contribution in [2.24, 2.45) is 0 Å². The fourth-order valence-corrected chi connectivity index (χ4v) is 4.90. The Hall–Kier alpha value is -2.80. The summed E-state index contributed by atoms with van der Waals surface area (Å²) in [5.74, 6) is 2.38. The van der Waals surface area contributed by atoms with Gasteiger partial charge in [-0.3, -0.25) is 9.69 Å². The second-order valence-electron chi connectivity index (χ2n) is 9.32. The fourth-order valence-electron chi connectivity index (χ4n) is 4.90. The highest BCUT2D eigenvalue weighted by Crippen LogP contribution is 2.37. The Kier molecular flexibility index (Phi) is 6.67. The number of piperazine rings is 1. The number of amides is 1. The molecule has 4 heterocycles. The van der Waals surface area contributed by atoms with Gasteiger partial charge in [-0.25, -0.2) is 0 Å². The van der Waals surface area contributed by atoms with Crippen molar-refractivity contribution in [3.05, 3.63) is 41.5 Å². The van der Waals surface area contributed by atoms with Gasteiger partial charge < -0.3 is 19.7 Å². The van der Waals surface area contributed by atoms with E-state index in [-0.39, 0.29) is 5.91 Å². The number of fused-ring (bicyclic) bond motifs is 2. The fraction of sp³-hybridized carbons (Fsp3) is 0.538. The molecule has 5 rings (SSSR count). The summed E-state index contributed by atoms with van der Waals surface area (Å²) >= 11 is 0. The maximum Gasteiger partial charge on any atom is 0.225 e. The molecule has 1 saturated heterocycles. The van der Waals surface area contributed by atoms with Crippen LogP contribution in [0.25, 0.3) is 0 Å². The van der Waals surface area contributed by atoms with Crippen molar-refractivity contribution in [1.29, 1.82) is 0 Å². The number of aromatic nitrogens is 1. The van der Waals surface area contributed by atoms with E-state index >= 15 is 0 Å². The highest BCUT2D eigenvalue weighted by Gasteiger charge is 2.24. The largest absolute Gasteiger partial charge is 0.488 e. The van der Waals surface area contributed by atoms with Crippen molar-refractivity contribution in [2.75, 3.05) is 49.5 Å². The summed E-state index contributed by atoms with van der Waals surface area (Å²) in [5, 5.41) is 2.83. The Morgan fingerprint density at radius 1 is 1.06 bits per heavy atom. The summed E-state index contributed by atoms with van der Waals surface area (Å²) < 4.78 is 12.0. The van der Waals surface area contributed by atoms with Crippen LogP contribution in [0, 0.1) is 0 Å². The summed E-state index contributed by atoms with van der Waals surface area (Å²) in [4.78, 5) is 21.0. The molecule has 1 fully saturated rings. The van der Waals surface area contributed by atoms with Crippen LogP contribution in [0.2, 0.25) is 0 Å². The van der Waals surface area contributed by atoms with Gasteiger partial charge in [-0.05, 0) is 68.8 Å². The van der Waals surface area contributed by atoms with E-state index in [1.54, 1.807) is 0 Å². The lowest BCUT2D eigenvalue weighted by atomic mass is 10.0. The molecule has 0 radical (unpaired) electrons. The number of rotatable bonds is 7. The van der Waals surface area contributed by atoms with E-state index in [0.717, 1.165) is 76.1 Å². The molecule has 1 N–H and O–H groups in total. The summed E-state index contributed by atoms with van der Waals surface area (Å²) in [7, 11) is 0. The number of nitrogens with zero attached hydrogens (tertiary/aromatic N) is 3. The van der Waals surface area contributed by atoms with Crippen molar-refractivity contribution < 1.29 is 14.3 Å². The molecule has 1 aromatic carbocycles. The molecule has 0 aliphatic carbocycles. The predicted octanol–water partition coefficient (Wildman–Crippen LogP) is 3.66. The molecule has 0 spiro atoms. The van der Waals surface area contributed by atoms with Crippen LogP contribution in [0.4, 0.5) is 11.5 Å². The molecule has 0 bridgehead atoms. The third-order valence-corrected chi connectivity index (χ3v) is 6.88. The predicted molar refractivity (Wildman–Crippen MR) is 129 cm³/mol. The minimum atomic E-state index is 0.0291. The first-order valence-corrected chi connectivity index (χ1v) is 12.3. The Morgan fingerprint density at radius 3 is 2.82 bits per heavy atom.